The predicted octanol–water partition coefficient (Wildman–Crippen LogP) is 4.71. The van der Waals surface area contributed by atoms with Crippen molar-refractivity contribution in [3.63, 3.8) is 0 Å². The number of allylic oxidation sites excluding steroid dienone is 2. The number of hydrogen-bond donors (Lipinski definition) is 0. The van der Waals surface area contributed by atoms with Gasteiger partial charge in [0.2, 0.25) is 0 Å². The zero-order valence-corrected chi connectivity index (χ0v) is 14.8. The van der Waals surface area contributed by atoms with Crippen LogP contribution in [0.1, 0.15) is 39.2 Å². The van der Waals surface area contributed by atoms with Gasteiger partial charge in [-0.05, 0) is 44.2 Å². The van der Waals surface area contributed by atoms with Crippen LogP contribution in [0.25, 0.3) is 0 Å². The average molecular weight is 318 g/mol. The lowest BCUT2D eigenvalue weighted by Gasteiger charge is -2.34. The van der Waals surface area contributed by atoms with E-state index in [1.54, 1.807) is 12.1 Å². The first-order chi connectivity index (χ1) is 10.1. The number of rotatable bonds is 4. The molecule has 3 heteroatoms. The highest BCUT2D eigenvalue weighted by atomic mass is 32.2. The van der Waals surface area contributed by atoms with E-state index in [1.165, 1.54) is 0 Å². The monoisotopic (exact) mass is 318 g/mol. The summed E-state index contributed by atoms with van der Waals surface area (Å²) in [7, 11) is -3.30. The normalized spacial score (nSPS) is 21.3. The van der Waals surface area contributed by atoms with Crippen LogP contribution in [0.2, 0.25) is 0 Å². The third-order valence-electron chi connectivity index (χ3n) is 4.43. The fourth-order valence-corrected chi connectivity index (χ4v) is 4.57. The SMILES string of the molecule is C=C(C)C1CCC(C)(C)C=C1CS(=O)(=O)c1ccc(C)cc1. The maximum absolute atomic E-state index is 12.7. The molecule has 0 spiro atoms. The molecular weight excluding hydrogens is 292 g/mol. The highest BCUT2D eigenvalue weighted by molar-refractivity contribution is 7.91. The van der Waals surface area contributed by atoms with E-state index in [9.17, 15) is 8.42 Å². The molecule has 0 amide bonds. The van der Waals surface area contributed by atoms with Crippen LogP contribution in [-0.4, -0.2) is 14.2 Å². The molecule has 0 radical (unpaired) electrons. The standard InChI is InChI=1S/C19H26O2S/c1-14(2)18-10-11-19(4,5)12-16(18)13-22(20,21)17-8-6-15(3)7-9-17/h6-9,12,18H,1,10-11,13H2,2-5H3. The van der Waals surface area contributed by atoms with Gasteiger partial charge < -0.3 is 0 Å². The molecule has 0 saturated carbocycles. The van der Waals surface area contributed by atoms with Gasteiger partial charge in [0.05, 0.1) is 10.6 Å². The van der Waals surface area contributed by atoms with E-state index in [-0.39, 0.29) is 17.1 Å². The van der Waals surface area contributed by atoms with E-state index in [2.05, 4.69) is 26.5 Å². The van der Waals surface area contributed by atoms with Crippen LogP contribution in [0.4, 0.5) is 0 Å². The van der Waals surface area contributed by atoms with E-state index in [4.69, 9.17) is 0 Å². The van der Waals surface area contributed by atoms with Gasteiger partial charge in [-0.3, -0.25) is 0 Å². The smallest absolute Gasteiger partial charge is 0.182 e. The lowest BCUT2D eigenvalue weighted by atomic mass is 9.73. The van der Waals surface area contributed by atoms with Crippen molar-refractivity contribution in [2.24, 2.45) is 11.3 Å². The highest BCUT2D eigenvalue weighted by Gasteiger charge is 2.30. The molecule has 0 saturated heterocycles. The van der Waals surface area contributed by atoms with Crippen LogP contribution >= 0.6 is 0 Å². The molecule has 1 aliphatic carbocycles. The maximum atomic E-state index is 12.7. The van der Waals surface area contributed by atoms with Crippen LogP contribution in [0.5, 0.6) is 0 Å². The molecule has 0 fully saturated rings. The van der Waals surface area contributed by atoms with Gasteiger partial charge in [0.25, 0.3) is 0 Å². The Labute approximate surface area is 134 Å². The summed E-state index contributed by atoms with van der Waals surface area (Å²) in [5.74, 6) is 0.282. The molecule has 1 aromatic carbocycles. The first-order valence-corrected chi connectivity index (χ1v) is 9.42. The maximum Gasteiger partial charge on any atom is 0.182 e. The van der Waals surface area contributed by atoms with Gasteiger partial charge in [0, 0.05) is 5.92 Å². The van der Waals surface area contributed by atoms with Gasteiger partial charge in [-0.2, -0.15) is 0 Å². The van der Waals surface area contributed by atoms with Crippen LogP contribution in [-0.2, 0) is 9.84 Å². The van der Waals surface area contributed by atoms with Crippen molar-refractivity contribution in [2.75, 3.05) is 5.75 Å². The summed E-state index contributed by atoms with van der Waals surface area (Å²) in [6, 6.07) is 7.11. The summed E-state index contributed by atoms with van der Waals surface area (Å²) < 4.78 is 25.4. The van der Waals surface area contributed by atoms with Crippen LogP contribution in [0.15, 0.2) is 53.0 Å². The van der Waals surface area contributed by atoms with Crippen molar-refractivity contribution in [3.8, 4) is 0 Å². The Bertz CT molecular complexity index is 691. The Morgan fingerprint density at radius 1 is 1.27 bits per heavy atom. The van der Waals surface area contributed by atoms with Gasteiger partial charge in [0.1, 0.15) is 0 Å². The Hall–Kier alpha value is -1.35. The largest absolute Gasteiger partial charge is 0.223 e. The Morgan fingerprint density at radius 3 is 2.41 bits per heavy atom. The molecular formula is C19H26O2S. The Kier molecular flexibility index (Phi) is 4.67. The predicted molar refractivity (Wildman–Crippen MR) is 92.6 cm³/mol. The number of sulfone groups is 1. The van der Waals surface area contributed by atoms with E-state index >= 15 is 0 Å². The van der Waals surface area contributed by atoms with Crippen molar-refractivity contribution in [2.45, 2.75) is 45.4 Å². The lowest BCUT2D eigenvalue weighted by molar-refractivity contribution is 0.365. The molecule has 2 rings (SSSR count). The Morgan fingerprint density at radius 2 is 1.86 bits per heavy atom. The molecule has 0 aliphatic heterocycles. The molecule has 0 aromatic heterocycles. The second-order valence-electron chi connectivity index (χ2n) is 7.22. The first-order valence-electron chi connectivity index (χ1n) is 7.77. The molecule has 1 atom stereocenters. The van der Waals surface area contributed by atoms with Gasteiger partial charge in [-0.25, -0.2) is 8.42 Å². The summed E-state index contributed by atoms with van der Waals surface area (Å²) in [4.78, 5) is 0.405. The zero-order valence-electron chi connectivity index (χ0n) is 14.0. The molecule has 1 unspecified atom stereocenters. The van der Waals surface area contributed by atoms with E-state index < -0.39 is 9.84 Å². The topological polar surface area (TPSA) is 34.1 Å². The van der Waals surface area contributed by atoms with Gasteiger partial charge >= 0.3 is 0 Å². The fraction of sp³-hybridized carbons (Fsp3) is 0.474. The minimum absolute atomic E-state index is 0.0596. The van der Waals surface area contributed by atoms with Gasteiger partial charge in [0.15, 0.2) is 9.84 Å². The van der Waals surface area contributed by atoms with Crippen LogP contribution in [0, 0.1) is 18.3 Å². The van der Waals surface area contributed by atoms with E-state index in [0.29, 0.717) is 4.90 Å². The van der Waals surface area contributed by atoms with Crippen molar-refractivity contribution < 1.29 is 8.42 Å². The highest BCUT2D eigenvalue weighted by Crippen LogP contribution is 2.40. The number of hydrogen-bond acceptors (Lipinski definition) is 2. The van der Waals surface area contributed by atoms with E-state index in [1.807, 2.05) is 26.0 Å². The van der Waals surface area contributed by atoms with Crippen molar-refractivity contribution in [1.82, 2.24) is 0 Å². The lowest BCUT2D eigenvalue weighted by Crippen LogP contribution is -2.25. The molecule has 2 nitrogen and oxygen atoms in total. The molecule has 1 aromatic rings. The Balaban J connectivity index is 2.35. The minimum Gasteiger partial charge on any atom is -0.223 e. The fourth-order valence-electron chi connectivity index (χ4n) is 3.13. The van der Waals surface area contributed by atoms with Crippen LogP contribution < -0.4 is 0 Å². The first kappa shape index (κ1) is 17.0. The van der Waals surface area contributed by atoms with Crippen molar-refractivity contribution in [1.29, 1.82) is 0 Å². The third kappa shape index (κ3) is 3.89. The summed E-state index contributed by atoms with van der Waals surface area (Å²) in [5, 5.41) is 0. The molecule has 0 bridgehead atoms. The van der Waals surface area contributed by atoms with Gasteiger partial charge in [-0.1, -0.05) is 55.3 Å². The second kappa shape index (κ2) is 6.04. The summed E-state index contributed by atoms with van der Waals surface area (Å²) in [6.45, 7) is 12.3. The molecule has 120 valence electrons. The zero-order chi connectivity index (χ0) is 16.5. The summed E-state index contributed by atoms with van der Waals surface area (Å²) in [6.07, 6.45) is 4.21. The quantitative estimate of drug-likeness (QED) is 0.754. The number of aryl methyl sites for hydroxylation is 1. The van der Waals surface area contributed by atoms with Crippen molar-refractivity contribution in [3.05, 3.63) is 53.6 Å². The molecule has 0 heterocycles. The van der Waals surface area contributed by atoms with E-state index in [0.717, 1.165) is 29.6 Å². The minimum atomic E-state index is -3.30. The van der Waals surface area contributed by atoms with Gasteiger partial charge in [-0.15, -0.1) is 0 Å². The molecule has 0 N–H and O–H groups in total. The van der Waals surface area contributed by atoms with Crippen molar-refractivity contribution >= 4 is 9.84 Å². The summed E-state index contributed by atoms with van der Waals surface area (Å²) in [5.41, 5.74) is 3.19. The summed E-state index contributed by atoms with van der Waals surface area (Å²) >= 11 is 0. The molecule has 1 aliphatic rings. The average Bonchev–Trinajstić information content (AvgIpc) is 2.37. The second-order valence-corrected chi connectivity index (χ2v) is 9.21. The molecule has 22 heavy (non-hydrogen) atoms. The third-order valence-corrected chi connectivity index (χ3v) is 6.14. The number of benzene rings is 1. The van der Waals surface area contributed by atoms with Crippen LogP contribution in [0.3, 0.4) is 0 Å².